The maximum Gasteiger partial charge on any atom is 0.272 e. The summed E-state index contributed by atoms with van der Waals surface area (Å²) in [5, 5.41) is -0.802. The molecule has 0 heterocycles. The molecular weight excluding hydrogens is 200 g/mol. The Bertz CT molecular complexity index is 474. The summed E-state index contributed by atoms with van der Waals surface area (Å²) in [6.45, 7) is 0. The second kappa shape index (κ2) is 3.22. The Morgan fingerprint density at radius 3 is 2.71 bits per heavy atom. The fourth-order valence-corrected chi connectivity index (χ4v) is 2.57. The molecule has 2 rings (SSSR count). The van der Waals surface area contributed by atoms with Crippen LogP contribution in [0.2, 0.25) is 0 Å². The number of benzene rings is 1. The monoisotopic (exact) mass is 210 g/mol. The van der Waals surface area contributed by atoms with Crippen LogP contribution in [-0.2, 0) is 10.1 Å². The number of hydrogen-bond acceptors (Lipinski definition) is 2. The zero-order valence-corrected chi connectivity index (χ0v) is 8.24. The molecule has 1 aliphatic rings. The molecule has 0 fully saturated rings. The molecule has 4 heteroatoms. The second-order valence-electron chi connectivity index (χ2n) is 3.27. The smallest absolute Gasteiger partial charge is 0.272 e. The summed E-state index contributed by atoms with van der Waals surface area (Å²) in [6, 6.07) is 7.19. The molecule has 0 saturated heterocycles. The van der Waals surface area contributed by atoms with Crippen molar-refractivity contribution in [1.82, 2.24) is 0 Å². The Morgan fingerprint density at radius 2 is 2.00 bits per heavy atom. The fourth-order valence-electron chi connectivity index (χ4n) is 1.68. The van der Waals surface area contributed by atoms with Gasteiger partial charge in [-0.25, -0.2) is 0 Å². The molecule has 1 aromatic rings. The van der Waals surface area contributed by atoms with Crippen molar-refractivity contribution in [3.8, 4) is 0 Å². The molecule has 3 nitrogen and oxygen atoms in total. The van der Waals surface area contributed by atoms with Crippen molar-refractivity contribution in [2.24, 2.45) is 0 Å². The van der Waals surface area contributed by atoms with Crippen molar-refractivity contribution in [3.63, 3.8) is 0 Å². The van der Waals surface area contributed by atoms with Gasteiger partial charge >= 0.3 is 0 Å². The van der Waals surface area contributed by atoms with Crippen molar-refractivity contribution < 1.29 is 13.0 Å². The normalized spacial score (nSPS) is 20.5. The van der Waals surface area contributed by atoms with E-state index in [4.69, 9.17) is 4.55 Å². The van der Waals surface area contributed by atoms with Gasteiger partial charge in [-0.2, -0.15) is 8.42 Å². The van der Waals surface area contributed by atoms with Crippen molar-refractivity contribution in [3.05, 3.63) is 41.5 Å². The van der Waals surface area contributed by atoms with E-state index in [1.165, 1.54) is 0 Å². The van der Waals surface area contributed by atoms with Crippen LogP contribution in [0, 0.1) is 0 Å². The third kappa shape index (κ3) is 1.58. The molecule has 0 aliphatic heterocycles. The van der Waals surface area contributed by atoms with Gasteiger partial charge in [0.1, 0.15) is 5.25 Å². The van der Waals surface area contributed by atoms with Crippen LogP contribution >= 0.6 is 0 Å². The first kappa shape index (κ1) is 9.43. The Balaban J connectivity index is 2.57. The minimum Gasteiger partial charge on any atom is -0.285 e. The highest BCUT2D eigenvalue weighted by atomic mass is 32.2. The lowest BCUT2D eigenvalue weighted by Gasteiger charge is -2.18. The molecule has 0 radical (unpaired) electrons. The van der Waals surface area contributed by atoms with Crippen LogP contribution in [0.3, 0.4) is 0 Å². The molecule has 0 amide bonds. The summed E-state index contributed by atoms with van der Waals surface area (Å²) >= 11 is 0. The van der Waals surface area contributed by atoms with Gasteiger partial charge in [-0.05, 0) is 17.5 Å². The van der Waals surface area contributed by atoms with Crippen molar-refractivity contribution in [1.29, 1.82) is 0 Å². The predicted molar refractivity (Wildman–Crippen MR) is 54.4 cm³/mol. The van der Waals surface area contributed by atoms with Crippen LogP contribution in [0.25, 0.3) is 6.08 Å². The van der Waals surface area contributed by atoms with E-state index in [0.717, 1.165) is 5.56 Å². The maximum absolute atomic E-state index is 11.1. The summed E-state index contributed by atoms with van der Waals surface area (Å²) in [6.07, 6.45) is 3.98. The molecular formula is C10H10O3S. The second-order valence-corrected chi connectivity index (χ2v) is 4.87. The van der Waals surface area contributed by atoms with Gasteiger partial charge in [0.05, 0.1) is 0 Å². The molecule has 0 saturated carbocycles. The molecule has 0 spiro atoms. The number of fused-ring (bicyclic) bond motifs is 1. The molecule has 1 N–H and O–H groups in total. The minimum absolute atomic E-state index is 0.343. The molecule has 1 atom stereocenters. The molecule has 0 aromatic heterocycles. The van der Waals surface area contributed by atoms with Crippen LogP contribution in [0.5, 0.6) is 0 Å². The third-order valence-electron chi connectivity index (χ3n) is 2.35. The van der Waals surface area contributed by atoms with E-state index in [2.05, 4.69) is 0 Å². The number of hydrogen-bond donors (Lipinski definition) is 1. The van der Waals surface area contributed by atoms with E-state index >= 15 is 0 Å². The first-order valence-corrected chi connectivity index (χ1v) is 5.81. The maximum atomic E-state index is 11.1. The highest BCUT2D eigenvalue weighted by Gasteiger charge is 2.27. The molecule has 1 unspecified atom stereocenters. The van der Waals surface area contributed by atoms with Crippen molar-refractivity contribution in [2.75, 3.05) is 0 Å². The first-order chi connectivity index (χ1) is 6.59. The van der Waals surface area contributed by atoms with Gasteiger partial charge in [0.25, 0.3) is 10.1 Å². The number of rotatable bonds is 1. The van der Waals surface area contributed by atoms with E-state index in [0.29, 0.717) is 12.0 Å². The van der Waals surface area contributed by atoms with Crippen LogP contribution < -0.4 is 0 Å². The summed E-state index contributed by atoms with van der Waals surface area (Å²) < 4.78 is 31.2. The summed E-state index contributed by atoms with van der Waals surface area (Å²) in [7, 11) is -3.99. The highest BCUT2D eigenvalue weighted by Crippen LogP contribution is 2.32. The van der Waals surface area contributed by atoms with E-state index in [-0.39, 0.29) is 0 Å². The van der Waals surface area contributed by atoms with Gasteiger partial charge in [-0.15, -0.1) is 0 Å². The molecule has 14 heavy (non-hydrogen) atoms. The third-order valence-corrected chi connectivity index (χ3v) is 3.52. The SMILES string of the molecule is O=S(=O)(O)C1CC=Cc2ccccc21. The fraction of sp³-hybridized carbons (Fsp3) is 0.200. The van der Waals surface area contributed by atoms with Crippen molar-refractivity contribution in [2.45, 2.75) is 11.7 Å². The van der Waals surface area contributed by atoms with E-state index in [9.17, 15) is 8.42 Å². The first-order valence-electron chi connectivity index (χ1n) is 4.31. The lowest BCUT2D eigenvalue weighted by Crippen LogP contribution is -2.14. The summed E-state index contributed by atoms with van der Waals surface area (Å²) in [5.74, 6) is 0. The van der Waals surface area contributed by atoms with Crippen LogP contribution in [0.15, 0.2) is 30.3 Å². The zero-order valence-electron chi connectivity index (χ0n) is 7.42. The van der Waals surface area contributed by atoms with Gasteiger partial charge in [0.2, 0.25) is 0 Å². The van der Waals surface area contributed by atoms with Crippen molar-refractivity contribution >= 4 is 16.2 Å². The largest absolute Gasteiger partial charge is 0.285 e. The standard InChI is InChI=1S/C10H10O3S/c11-14(12,13)10-7-3-5-8-4-1-2-6-9(8)10/h1-6,10H,7H2,(H,11,12,13). The Morgan fingerprint density at radius 1 is 1.29 bits per heavy atom. The van der Waals surface area contributed by atoms with E-state index in [1.54, 1.807) is 18.2 Å². The predicted octanol–water partition coefficient (Wildman–Crippen LogP) is 2.03. The topological polar surface area (TPSA) is 54.4 Å². The van der Waals surface area contributed by atoms with Gasteiger partial charge in [-0.3, -0.25) is 4.55 Å². The van der Waals surface area contributed by atoms with E-state index < -0.39 is 15.4 Å². The minimum atomic E-state index is -3.99. The quantitative estimate of drug-likeness (QED) is 0.721. The lowest BCUT2D eigenvalue weighted by atomic mass is 9.97. The molecule has 1 aromatic carbocycles. The molecule has 0 bridgehead atoms. The summed E-state index contributed by atoms with van der Waals surface area (Å²) in [4.78, 5) is 0. The lowest BCUT2D eigenvalue weighted by molar-refractivity contribution is 0.468. The molecule has 74 valence electrons. The zero-order chi connectivity index (χ0) is 10.2. The average Bonchev–Trinajstić information content (AvgIpc) is 2.15. The van der Waals surface area contributed by atoms with E-state index in [1.807, 2.05) is 18.2 Å². The van der Waals surface area contributed by atoms with Crippen LogP contribution in [0.4, 0.5) is 0 Å². The highest BCUT2D eigenvalue weighted by molar-refractivity contribution is 7.86. The Kier molecular flexibility index (Phi) is 2.17. The summed E-state index contributed by atoms with van der Waals surface area (Å²) in [5.41, 5.74) is 1.54. The van der Waals surface area contributed by atoms with Gasteiger partial charge in [0.15, 0.2) is 0 Å². The van der Waals surface area contributed by atoms with Crippen LogP contribution in [-0.4, -0.2) is 13.0 Å². The Hall–Kier alpha value is -1.13. The molecule has 1 aliphatic carbocycles. The Labute approximate surface area is 82.8 Å². The van der Waals surface area contributed by atoms with Gasteiger partial charge in [-0.1, -0.05) is 36.4 Å². The van der Waals surface area contributed by atoms with Gasteiger partial charge < -0.3 is 0 Å². The average molecular weight is 210 g/mol. The van der Waals surface area contributed by atoms with Crippen LogP contribution in [0.1, 0.15) is 22.8 Å². The number of allylic oxidation sites excluding steroid dienone is 1. The van der Waals surface area contributed by atoms with Gasteiger partial charge in [0, 0.05) is 0 Å².